The number of aromatic nitrogens is 1. The first-order valence-electron chi connectivity index (χ1n) is 5.80. The van der Waals surface area contributed by atoms with Gasteiger partial charge in [-0.2, -0.15) is 0 Å². The zero-order chi connectivity index (χ0) is 13.2. The molecule has 0 atom stereocenters. The number of rotatable bonds is 4. The number of hydrogen-bond acceptors (Lipinski definition) is 4. The number of nitrogens with zero attached hydrogens (tertiary/aromatic N) is 1. The van der Waals surface area contributed by atoms with Crippen LogP contribution < -0.4 is 5.32 Å². The molecule has 5 heteroatoms. The third kappa shape index (κ3) is 3.30. The maximum atomic E-state index is 11.5. The van der Waals surface area contributed by atoms with E-state index in [9.17, 15) is 9.90 Å². The first kappa shape index (κ1) is 12.6. The number of carbonyl (C=O) groups excluding carboxylic acids is 1. The second-order valence-corrected chi connectivity index (χ2v) is 4.73. The molecule has 2 aromatic heterocycles. The minimum atomic E-state index is -1.19. The lowest BCUT2D eigenvalue weighted by Gasteiger charge is -2.18. The normalized spacial score (nSPS) is 11.7. The third-order valence-corrected chi connectivity index (χ3v) is 2.41. The summed E-state index contributed by atoms with van der Waals surface area (Å²) in [5, 5.41) is 12.8. The number of nitrogens with one attached hydrogen (secondary N) is 1. The number of amides is 1. The molecule has 5 nitrogen and oxygen atoms in total. The molecule has 0 unspecified atom stereocenters. The van der Waals surface area contributed by atoms with Crippen molar-refractivity contribution in [1.29, 1.82) is 0 Å². The van der Waals surface area contributed by atoms with Crippen LogP contribution in [-0.2, 0) is 11.2 Å². The van der Waals surface area contributed by atoms with E-state index in [1.165, 1.54) is 13.8 Å². The van der Waals surface area contributed by atoms with Crippen molar-refractivity contribution in [3.63, 3.8) is 0 Å². The van der Waals surface area contributed by atoms with Gasteiger partial charge in [0.25, 0.3) is 0 Å². The Morgan fingerprint density at radius 2 is 2.33 bits per heavy atom. The van der Waals surface area contributed by atoms with E-state index in [1.54, 1.807) is 18.5 Å². The standard InChI is InChI=1S/C13H16N2O3/c1-13(2,17)15-12(16)4-3-10-7-9-8-14-6-5-11(9)18-10/h5-8,17H,3-4H2,1-2H3,(H,15,16). The molecule has 0 radical (unpaired) electrons. The summed E-state index contributed by atoms with van der Waals surface area (Å²) >= 11 is 0. The van der Waals surface area contributed by atoms with E-state index in [1.807, 2.05) is 6.07 Å². The van der Waals surface area contributed by atoms with E-state index in [-0.39, 0.29) is 12.3 Å². The molecule has 0 saturated carbocycles. The zero-order valence-corrected chi connectivity index (χ0v) is 10.4. The Kier molecular flexibility index (Phi) is 3.34. The van der Waals surface area contributed by atoms with Crippen molar-refractivity contribution in [2.75, 3.05) is 0 Å². The fourth-order valence-corrected chi connectivity index (χ4v) is 1.70. The summed E-state index contributed by atoms with van der Waals surface area (Å²) in [6.45, 7) is 3.05. The van der Waals surface area contributed by atoms with Gasteiger partial charge in [-0.3, -0.25) is 9.78 Å². The van der Waals surface area contributed by atoms with E-state index in [4.69, 9.17) is 4.42 Å². The quantitative estimate of drug-likeness (QED) is 0.806. The summed E-state index contributed by atoms with van der Waals surface area (Å²) in [6, 6.07) is 3.66. The minimum Gasteiger partial charge on any atom is -0.461 e. The highest BCUT2D eigenvalue weighted by molar-refractivity contribution is 5.78. The molecular formula is C13H16N2O3. The fraction of sp³-hybridized carbons (Fsp3) is 0.385. The van der Waals surface area contributed by atoms with Gasteiger partial charge in [0.05, 0.1) is 0 Å². The number of aryl methyl sites for hydroxylation is 1. The third-order valence-electron chi connectivity index (χ3n) is 2.41. The highest BCUT2D eigenvalue weighted by atomic mass is 16.3. The highest BCUT2D eigenvalue weighted by Gasteiger charge is 2.15. The van der Waals surface area contributed by atoms with Gasteiger partial charge in [0.1, 0.15) is 17.1 Å². The number of furan rings is 1. The Morgan fingerprint density at radius 3 is 3.00 bits per heavy atom. The fourth-order valence-electron chi connectivity index (χ4n) is 1.70. The number of pyridine rings is 1. The molecule has 2 aromatic rings. The van der Waals surface area contributed by atoms with Crippen molar-refractivity contribution in [2.45, 2.75) is 32.4 Å². The van der Waals surface area contributed by atoms with Crippen molar-refractivity contribution in [3.05, 3.63) is 30.3 Å². The smallest absolute Gasteiger partial charge is 0.222 e. The van der Waals surface area contributed by atoms with E-state index < -0.39 is 5.72 Å². The summed E-state index contributed by atoms with van der Waals surface area (Å²) in [5.41, 5.74) is -0.419. The summed E-state index contributed by atoms with van der Waals surface area (Å²) in [4.78, 5) is 15.5. The van der Waals surface area contributed by atoms with Crippen LogP contribution in [0.1, 0.15) is 26.0 Å². The summed E-state index contributed by atoms with van der Waals surface area (Å²) < 4.78 is 5.57. The van der Waals surface area contributed by atoms with Crippen molar-refractivity contribution >= 4 is 16.9 Å². The Morgan fingerprint density at radius 1 is 1.56 bits per heavy atom. The molecule has 0 aliphatic carbocycles. The van der Waals surface area contributed by atoms with Gasteiger partial charge in [-0.25, -0.2) is 0 Å². The summed E-state index contributed by atoms with van der Waals surface area (Å²) in [6.07, 6.45) is 4.16. The minimum absolute atomic E-state index is 0.207. The molecular weight excluding hydrogens is 232 g/mol. The maximum Gasteiger partial charge on any atom is 0.222 e. The largest absolute Gasteiger partial charge is 0.461 e. The van der Waals surface area contributed by atoms with Crippen molar-refractivity contribution in [2.24, 2.45) is 0 Å². The molecule has 0 fully saturated rings. The number of aliphatic hydroxyl groups is 1. The number of carbonyl (C=O) groups is 1. The van der Waals surface area contributed by atoms with Crippen LogP contribution in [0.4, 0.5) is 0 Å². The lowest BCUT2D eigenvalue weighted by atomic mass is 10.2. The van der Waals surface area contributed by atoms with Crippen molar-refractivity contribution < 1.29 is 14.3 Å². The SMILES string of the molecule is CC(C)(O)NC(=O)CCc1cc2cnccc2o1. The van der Waals surface area contributed by atoms with Crippen LogP contribution in [0.25, 0.3) is 11.0 Å². The molecule has 0 aliphatic heterocycles. The van der Waals surface area contributed by atoms with Crippen LogP contribution >= 0.6 is 0 Å². The first-order chi connectivity index (χ1) is 8.44. The summed E-state index contributed by atoms with van der Waals surface area (Å²) in [7, 11) is 0. The lowest BCUT2D eigenvalue weighted by Crippen LogP contribution is -2.43. The first-order valence-corrected chi connectivity index (χ1v) is 5.80. The van der Waals surface area contributed by atoms with E-state index in [0.29, 0.717) is 6.42 Å². The highest BCUT2D eigenvalue weighted by Crippen LogP contribution is 2.18. The van der Waals surface area contributed by atoms with E-state index in [0.717, 1.165) is 16.7 Å². The molecule has 0 bridgehead atoms. The van der Waals surface area contributed by atoms with Gasteiger partial charge in [-0.05, 0) is 26.0 Å². The monoisotopic (exact) mass is 248 g/mol. The van der Waals surface area contributed by atoms with Gasteiger partial charge in [-0.1, -0.05) is 0 Å². The molecule has 0 aliphatic rings. The van der Waals surface area contributed by atoms with Crippen molar-refractivity contribution in [1.82, 2.24) is 10.3 Å². The molecule has 0 spiro atoms. The Labute approximate surface area is 105 Å². The van der Waals surface area contributed by atoms with Gasteiger partial charge in [0.2, 0.25) is 5.91 Å². The molecule has 2 rings (SSSR count). The maximum absolute atomic E-state index is 11.5. The molecule has 1 amide bonds. The van der Waals surface area contributed by atoms with Crippen LogP contribution in [0.2, 0.25) is 0 Å². The van der Waals surface area contributed by atoms with Crippen LogP contribution in [-0.4, -0.2) is 21.7 Å². The summed E-state index contributed by atoms with van der Waals surface area (Å²) in [5.74, 6) is 0.532. The average Bonchev–Trinajstić information content (AvgIpc) is 2.66. The lowest BCUT2D eigenvalue weighted by molar-refractivity contribution is -0.127. The van der Waals surface area contributed by atoms with Gasteiger partial charge in [0.15, 0.2) is 0 Å². The van der Waals surface area contributed by atoms with Gasteiger partial charge >= 0.3 is 0 Å². The Hall–Kier alpha value is -1.88. The predicted octanol–water partition coefficient (Wildman–Crippen LogP) is 1.61. The number of fused-ring (bicyclic) bond motifs is 1. The second kappa shape index (κ2) is 4.78. The van der Waals surface area contributed by atoms with Gasteiger partial charge in [0, 0.05) is 30.6 Å². The zero-order valence-electron chi connectivity index (χ0n) is 10.4. The van der Waals surface area contributed by atoms with Crippen molar-refractivity contribution in [3.8, 4) is 0 Å². The Balaban J connectivity index is 1.96. The van der Waals surface area contributed by atoms with Crippen LogP contribution in [0.5, 0.6) is 0 Å². The van der Waals surface area contributed by atoms with E-state index in [2.05, 4.69) is 10.3 Å². The van der Waals surface area contributed by atoms with Gasteiger partial charge < -0.3 is 14.8 Å². The topological polar surface area (TPSA) is 75.4 Å². The van der Waals surface area contributed by atoms with E-state index >= 15 is 0 Å². The second-order valence-electron chi connectivity index (χ2n) is 4.73. The van der Waals surface area contributed by atoms with Crippen LogP contribution in [0.15, 0.2) is 28.9 Å². The molecule has 0 aromatic carbocycles. The molecule has 0 saturated heterocycles. The predicted molar refractivity (Wildman–Crippen MR) is 66.8 cm³/mol. The van der Waals surface area contributed by atoms with Crippen LogP contribution in [0.3, 0.4) is 0 Å². The Bertz CT molecular complexity index is 522. The molecule has 2 heterocycles. The van der Waals surface area contributed by atoms with Gasteiger partial charge in [-0.15, -0.1) is 0 Å². The molecule has 18 heavy (non-hydrogen) atoms. The molecule has 2 N–H and O–H groups in total. The number of hydrogen-bond donors (Lipinski definition) is 2. The average molecular weight is 248 g/mol. The van der Waals surface area contributed by atoms with Crippen LogP contribution in [0, 0.1) is 0 Å². The molecule has 96 valence electrons.